The molecule has 1 amide bonds. The molecule has 8 heteroatoms. The lowest BCUT2D eigenvalue weighted by molar-refractivity contribution is -0.120. The number of hydrogen-bond acceptors (Lipinski definition) is 7. The van der Waals surface area contributed by atoms with E-state index in [-0.39, 0.29) is 11.2 Å². The molecule has 1 atom stereocenters. The zero-order chi connectivity index (χ0) is 18.5. The van der Waals surface area contributed by atoms with Crippen LogP contribution < -0.4 is 14.8 Å². The van der Waals surface area contributed by atoms with Gasteiger partial charge in [0.1, 0.15) is 0 Å². The summed E-state index contributed by atoms with van der Waals surface area (Å²) in [4.78, 5) is 12.3. The summed E-state index contributed by atoms with van der Waals surface area (Å²) < 4.78 is 16.2. The Morgan fingerprint density at radius 1 is 1.23 bits per heavy atom. The molecule has 1 aliphatic carbocycles. The molecule has 0 saturated heterocycles. The van der Waals surface area contributed by atoms with Gasteiger partial charge in [0.15, 0.2) is 11.5 Å². The molecule has 1 aromatic heterocycles. The standard InChI is InChI=1S/C18H23N3O4S/c1-11(16(22)19-13-6-4-5-7-13)26-18-21-20-17(25-18)12-8-9-14(23-2)15(10-12)24-3/h8-11,13H,4-7H2,1-3H3,(H,19,22). The van der Waals surface area contributed by atoms with E-state index in [1.54, 1.807) is 26.4 Å². The molecule has 7 nitrogen and oxygen atoms in total. The first-order valence-electron chi connectivity index (χ1n) is 8.63. The zero-order valence-electron chi connectivity index (χ0n) is 15.2. The maximum Gasteiger partial charge on any atom is 0.277 e. The first-order chi connectivity index (χ1) is 12.6. The largest absolute Gasteiger partial charge is 0.493 e. The molecule has 0 spiro atoms. The van der Waals surface area contributed by atoms with E-state index in [9.17, 15) is 4.79 Å². The van der Waals surface area contributed by atoms with Gasteiger partial charge in [-0.1, -0.05) is 24.6 Å². The van der Waals surface area contributed by atoms with Crippen molar-refractivity contribution in [3.8, 4) is 23.0 Å². The van der Waals surface area contributed by atoms with Gasteiger partial charge in [-0.25, -0.2) is 0 Å². The van der Waals surface area contributed by atoms with Gasteiger partial charge in [0.25, 0.3) is 5.22 Å². The van der Waals surface area contributed by atoms with E-state index in [0.717, 1.165) is 18.4 Å². The van der Waals surface area contributed by atoms with Crippen LogP contribution in [0.1, 0.15) is 32.6 Å². The van der Waals surface area contributed by atoms with Crippen molar-refractivity contribution in [1.29, 1.82) is 0 Å². The van der Waals surface area contributed by atoms with E-state index in [0.29, 0.717) is 28.7 Å². The number of carbonyl (C=O) groups is 1. The van der Waals surface area contributed by atoms with Gasteiger partial charge < -0.3 is 19.2 Å². The van der Waals surface area contributed by atoms with Gasteiger partial charge in [-0.2, -0.15) is 0 Å². The van der Waals surface area contributed by atoms with Gasteiger partial charge in [-0.3, -0.25) is 4.79 Å². The molecule has 1 saturated carbocycles. The molecule has 3 rings (SSSR count). The van der Waals surface area contributed by atoms with Crippen molar-refractivity contribution in [3.63, 3.8) is 0 Å². The number of amides is 1. The Balaban J connectivity index is 1.64. The summed E-state index contributed by atoms with van der Waals surface area (Å²) in [5, 5.41) is 11.3. The highest BCUT2D eigenvalue weighted by Crippen LogP contribution is 2.33. The minimum Gasteiger partial charge on any atom is -0.493 e. The third-order valence-electron chi connectivity index (χ3n) is 4.39. The molecule has 26 heavy (non-hydrogen) atoms. The molecule has 1 fully saturated rings. The number of rotatable bonds is 7. The molecule has 0 bridgehead atoms. The number of nitrogens with zero attached hydrogens (tertiary/aromatic N) is 2. The van der Waals surface area contributed by atoms with Crippen molar-refractivity contribution < 1.29 is 18.7 Å². The number of thioether (sulfide) groups is 1. The lowest BCUT2D eigenvalue weighted by Crippen LogP contribution is -2.37. The van der Waals surface area contributed by atoms with Crippen LogP contribution in [0.4, 0.5) is 0 Å². The Morgan fingerprint density at radius 3 is 2.65 bits per heavy atom. The minimum atomic E-state index is -0.297. The molecule has 140 valence electrons. The van der Waals surface area contributed by atoms with Crippen molar-refractivity contribution in [2.24, 2.45) is 0 Å². The fourth-order valence-electron chi connectivity index (χ4n) is 2.94. The Morgan fingerprint density at radius 2 is 1.96 bits per heavy atom. The predicted octanol–water partition coefficient (Wildman–Crippen LogP) is 3.29. The van der Waals surface area contributed by atoms with Crippen molar-refractivity contribution in [3.05, 3.63) is 18.2 Å². The SMILES string of the molecule is COc1ccc(-c2nnc(SC(C)C(=O)NC3CCCC3)o2)cc1OC. The Hall–Kier alpha value is -2.22. The number of ether oxygens (including phenoxy) is 2. The van der Waals surface area contributed by atoms with Gasteiger partial charge in [-0.15, -0.1) is 10.2 Å². The Labute approximate surface area is 156 Å². The van der Waals surface area contributed by atoms with Gasteiger partial charge in [0.05, 0.1) is 19.5 Å². The fourth-order valence-corrected chi connectivity index (χ4v) is 3.63. The van der Waals surface area contributed by atoms with Crippen LogP contribution in [0.15, 0.2) is 27.8 Å². The third kappa shape index (κ3) is 4.30. The molecular weight excluding hydrogens is 354 g/mol. The van der Waals surface area contributed by atoms with Gasteiger partial charge in [0, 0.05) is 11.6 Å². The Bertz CT molecular complexity index is 759. The zero-order valence-corrected chi connectivity index (χ0v) is 16.0. The van der Waals surface area contributed by atoms with Crippen molar-refractivity contribution >= 4 is 17.7 Å². The topological polar surface area (TPSA) is 86.5 Å². The van der Waals surface area contributed by atoms with E-state index in [2.05, 4.69) is 15.5 Å². The molecule has 1 aliphatic rings. The maximum atomic E-state index is 12.3. The highest BCUT2D eigenvalue weighted by Gasteiger charge is 2.23. The maximum absolute atomic E-state index is 12.3. The van der Waals surface area contributed by atoms with Gasteiger partial charge in [0.2, 0.25) is 11.8 Å². The second kappa shape index (κ2) is 8.44. The second-order valence-electron chi connectivity index (χ2n) is 6.19. The highest BCUT2D eigenvalue weighted by molar-refractivity contribution is 8.00. The molecule has 1 aromatic carbocycles. The average molecular weight is 377 g/mol. The summed E-state index contributed by atoms with van der Waals surface area (Å²) in [5.74, 6) is 1.59. The Kier molecular flexibility index (Phi) is 6.03. The molecule has 1 N–H and O–H groups in total. The van der Waals surface area contributed by atoms with Gasteiger partial charge in [-0.05, 0) is 38.0 Å². The van der Waals surface area contributed by atoms with Crippen LogP contribution in [0.5, 0.6) is 11.5 Å². The normalized spacial score (nSPS) is 15.7. The van der Waals surface area contributed by atoms with Gasteiger partial charge >= 0.3 is 0 Å². The lowest BCUT2D eigenvalue weighted by Gasteiger charge is -2.14. The fraction of sp³-hybridized carbons (Fsp3) is 0.500. The summed E-state index contributed by atoms with van der Waals surface area (Å²) >= 11 is 1.26. The molecule has 1 unspecified atom stereocenters. The highest BCUT2D eigenvalue weighted by atomic mass is 32.2. The molecule has 2 aromatic rings. The summed E-state index contributed by atoms with van der Waals surface area (Å²) in [6, 6.07) is 5.68. The first-order valence-corrected chi connectivity index (χ1v) is 9.51. The smallest absolute Gasteiger partial charge is 0.277 e. The van der Waals surface area contributed by atoms with E-state index >= 15 is 0 Å². The number of benzene rings is 1. The van der Waals surface area contributed by atoms with Crippen molar-refractivity contribution in [2.45, 2.75) is 49.1 Å². The summed E-state index contributed by atoms with van der Waals surface area (Å²) in [6.45, 7) is 1.84. The van der Waals surface area contributed by atoms with Crippen LogP contribution in [-0.2, 0) is 4.79 Å². The third-order valence-corrected chi connectivity index (χ3v) is 5.32. The summed E-state index contributed by atoms with van der Waals surface area (Å²) in [5.41, 5.74) is 0.727. The molecule has 1 heterocycles. The molecular formula is C18H23N3O4S. The van der Waals surface area contributed by atoms with Crippen LogP contribution in [0, 0.1) is 0 Å². The van der Waals surface area contributed by atoms with E-state index in [1.165, 1.54) is 24.6 Å². The van der Waals surface area contributed by atoms with Crippen LogP contribution in [0.25, 0.3) is 11.5 Å². The predicted molar refractivity (Wildman–Crippen MR) is 98.6 cm³/mol. The van der Waals surface area contributed by atoms with E-state index in [4.69, 9.17) is 13.9 Å². The number of nitrogens with one attached hydrogen (secondary N) is 1. The number of methoxy groups -OCH3 is 2. The van der Waals surface area contributed by atoms with Crippen LogP contribution in [-0.4, -0.2) is 41.6 Å². The summed E-state index contributed by atoms with van der Waals surface area (Å²) in [7, 11) is 3.15. The van der Waals surface area contributed by atoms with Crippen LogP contribution >= 0.6 is 11.8 Å². The van der Waals surface area contributed by atoms with Crippen LogP contribution in [0.2, 0.25) is 0 Å². The monoisotopic (exact) mass is 377 g/mol. The number of aromatic nitrogens is 2. The molecule has 0 aliphatic heterocycles. The van der Waals surface area contributed by atoms with Crippen molar-refractivity contribution in [1.82, 2.24) is 15.5 Å². The lowest BCUT2D eigenvalue weighted by atomic mass is 10.2. The van der Waals surface area contributed by atoms with E-state index in [1.807, 2.05) is 13.0 Å². The quantitative estimate of drug-likeness (QED) is 0.741. The molecule has 0 radical (unpaired) electrons. The number of hydrogen-bond donors (Lipinski definition) is 1. The van der Waals surface area contributed by atoms with Crippen molar-refractivity contribution in [2.75, 3.05) is 14.2 Å². The van der Waals surface area contributed by atoms with E-state index < -0.39 is 0 Å². The number of carbonyl (C=O) groups excluding carboxylic acids is 1. The first kappa shape index (κ1) is 18.6. The van der Waals surface area contributed by atoms with Crippen LogP contribution in [0.3, 0.4) is 0 Å². The summed E-state index contributed by atoms with van der Waals surface area (Å²) in [6.07, 6.45) is 4.50. The minimum absolute atomic E-state index is 0.00719. The average Bonchev–Trinajstić information content (AvgIpc) is 3.33. The second-order valence-corrected chi connectivity index (χ2v) is 7.48.